The molecular weight excluding hydrogens is 322 g/mol. The van der Waals surface area contributed by atoms with Crippen molar-refractivity contribution in [2.75, 3.05) is 19.6 Å². The van der Waals surface area contributed by atoms with E-state index < -0.39 is 30.3 Å². The Bertz CT molecular complexity index is 571. The first-order chi connectivity index (χ1) is 12.0. The molecule has 0 atom stereocenters. The second-order valence-corrected chi connectivity index (χ2v) is 6.55. The zero-order valence-corrected chi connectivity index (χ0v) is 14.9. The Balaban J connectivity index is 1.85. The van der Waals surface area contributed by atoms with Crippen molar-refractivity contribution >= 4 is 23.8 Å². The van der Waals surface area contributed by atoms with Crippen LogP contribution in [0.4, 0.5) is 4.79 Å². The molecule has 0 radical (unpaired) electrons. The number of rotatable bonds is 9. The van der Waals surface area contributed by atoms with E-state index in [0.29, 0.717) is 13.0 Å². The van der Waals surface area contributed by atoms with Gasteiger partial charge in [0.05, 0.1) is 0 Å². The number of carbonyl (C=O) groups is 4. The van der Waals surface area contributed by atoms with Gasteiger partial charge in [0.15, 0.2) is 0 Å². The van der Waals surface area contributed by atoms with Gasteiger partial charge in [-0.25, -0.2) is 9.69 Å². The zero-order chi connectivity index (χ0) is 18.2. The zero-order valence-electron chi connectivity index (χ0n) is 14.9. The lowest BCUT2D eigenvalue weighted by molar-refractivity contribution is -0.144. The molecule has 0 unspecified atom stereocenters. The molecule has 0 aromatic rings. The van der Waals surface area contributed by atoms with Crippen molar-refractivity contribution < 1.29 is 19.2 Å². The van der Waals surface area contributed by atoms with Crippen molar-refractivity contribution in [3.8, 4) is 0 Å². The number of unbranched alkanes of at least 4 members (excludes halogenated alkanes) is 2. The van der Waals surface area contributed by atoms with Gasteiger partial charge in [-0.2, -0.15) is 0 Å². The van der Waals surface area contributed by atoms with Crippen molar-refractivity contribution in [1.29, 1.82) is 0 Å². The van der Waals surface area contributed by atoms with Crippen LogP contribution in [0.3, 0.4) is 0 Å². The van der Waals surface area contributed by atoms with E-state index in [1.165, 1.54) is 12.0 Å². The summed E-state index contributed by atoms with van der Waals surface area (Å²) in [5.41, 5.74) is 1.23. The summed E-state index contributed by atoms with van der Waals surface area (Å²) in [5, 5.41) is 2.67. The van der Waals surface area contributed by atoms with Crippen LogP contribution >= 0.6 is 0 Å². The second-order valence-electron chi connectivity index (χ2n) is 6.55. The molecule has 1 heterocycles. The van der Waals surface area contributed by atoms with Gasteiger partial charge in [0, 0.05) is 13.1 Å². The molecule has 7 heteroatoms. The van der Waals surface area contributed by atoms with Crippen LogP contribution in [0, 0.1) is 0 Å². The standard InChI is InChI=1S/C18H27N3O4/c1-2-3-7-11-19-15(22)13-21-17(24)16(23)20(18(21)25)12-10-14-8-5-4-6-9-14/h8H,2-7,9-13H2,1H3,(H,19,22). The largest absolute Gasteiger partial charge is 0.355 e. The molecule has 0 aromatic heterocycles. The lowest BCUT2D eigenvalue weighted by atomic mass is 9.97. The van der Waals surface area contributed by atoms with Gasteiger partial charge < -0.3 is 5.32 Å². The summed E-state index contributed by atoms with van der Waals surface area (Å²) < 4.78 is 0. The smallest absolute Gasteiger partial charge is 0.334 e. The van der Waals surface area contributed by atoms with Crippen LogP contribution in [0.2, 0.25) is 0 Å². The highest BCUT2D eigenvalue weighted by Gasteiger charge is 2.44. The summed E-state index contributed by atoms with van der Waals surface area (Å²) in [7, 11) is 0. The van der Waals surface area contributed by atoms with E-state index in [-0.39, 0.29) is 6.54 Å². The molecule has 0 aromatic carbocycles. The van der Waals surface area contributed by atoms with Crippen LogP contribution in [0.5, 0.6) is 0 Å². The molecule has 1 aliphatic carbocycles. The van der Waals surface area contributed by atoms with E-state index >= 15 is 0 Å². The highest BCUT2D eigenvalue weighted by Crippen LogP contribution is 2.21. The Hall–Kier alpha value is -2.18. The number of amides is 5. The lowest BCUT2D eigenvalue weighted by Crippen LogP contribution is -2.41. The summed E-state index contributed by atoms with van der Waals surface area (Å²) >= 11 is 0. The first-order valence-electron chi connectivity index (χ1n) is 9.16. The molecule has 1 saturated heterocycles. The Labute approximate surface area is 148 Å². The Morgan fingerprint density at radius 1 is 1.12 bits per heavy atom. The van der Waals surface area contributed by atoms with Crippen molar-refractivity contribution in [2.45, 2.75) is 58.3 Å². The van der Waals surface area contributed by atoms with Crippen LogP contribution in [0.25, 0.3) is 0 Å². The number of hydrogen-bond donors (Lipinski definition) is 1. The highest BCUT2D eigenvalue weighted by molar-refractivity contribution is 6.45. The predicted molar refractivity (Wildman–Crippen MR) is 92.5 cm³/mol. The number of imide groups is 2. The third-order valence-electron chi connectivity index (χ3n) is 4.58. The first-order valence-corrected chi connectivity index (χ1v) is 9.16. The minimum atomic E-state index is -0.911. The van der Waals surface area contributed by atoms with Crippen molar-refractivity contribution in [3.63, 3.8) is 0 Å². The molecule has 0 spiro atoms. The summed E-state index contributed by atoms with van der Waals surface area (Å²) in [6, 6.07) is -0.685. The van der Waals surface area contributed by atoms with E-state index in [1.807, 2.05) is 0 Å². The Kier molecular flexibility index (Phi) is 7.16. The molecule has 0 saturated carbocycles. The highest BCUT2D eigenvalue weighted by atomic mass is 16.2. The Morgan fingerprint density at radius 3 is 2.56 bits per heavy atom. The van der Waals surface area contributed by atoms with Crippen molar-refractivity contribution in [3.05, 3.63) is 11.6 Å². The summed E-state index contributed by atoms with van der Waals surface area (Å²) in [5.74, 6) is -2.16. The van der Waals surface area contributed by atoms with Crippen molar-refractivity contribution in [2.24, 2.45) is 0 Å². The Morgan fingerprint density at radius 2 is 1.88 bits per heavy atom. The quantitative estimate of drug-likeness (QED) is 0.298. The SMILES string of the molecule is CCCCCNC(=O)CN1C(=O)C(=O)N(CCC2=CCCCC2)C1=O. The van der Waals surface area contributed by atoms with E-state index in [4.69, 9.17) is 0 Å². The third kappa shape index (κ3) is 5.14. The topological polar surface area (TPSA) is 86.8 Å². The minimum Gasteiger partial charge on any atom is -0.355 e. The number of hydrogen-bond acceptors (Lipinski definition) is 4. The summed E-state index contributed by atoms with van der Waals surface area (Å²) in [4.78, 5) is 50.0. The van der Waals surface area contributed by atoms with Gasteiger partial charge in [-0.1, -0.05) is 31.4 Å². The minimum absolute atomic E-state index is 0.198. The number of carbonyl (C=O) groups excluding carboxylic acids is 4. The molecule has 0 bridgehead atoms. The number of nitrogens with one attached hydrogen (secondary N) is 1. The van der Waals surface area contributed by atoms with Crippen LogP contribution in [-0.2, 0) is 14.4 Å². The van der Waals surface area contributed by atoms with Gasteiger partial charge in [-0.05, 0) is 38.5 Å². The maximum Gasteiger partial charge on any atom is 0.334 e. The van der Waals surface area contributed by atoms with Crippen LogP contribution in [0.15, 0.2) is 11.6 Å². The van der Waals surface area contributed by atoms with Crippen LogP contribution < -0.4 is 5.32 Å². The van der Waals surface area contributed by atoms with E-state index in [1.54, 1.807) is 0 Å². The fourth-order valence-corrected chi connectivity index (χ4v) is 3.08. The van der Waals surface area contributed by atoms with Gasteiger partial charge in [-0.15, -0.1) is 0 Å². The summed E-state index contributed by atoms with van der Waals surface area (Å²) in [6.45, 7) is 2.38. The average Bonchev–Trinajstić information content (AvgIpc) is 2.81. The fraction of sp³-hybridized carbons (Fsp3) is 0.667. The normalized spacial score (nSPS) is 18.0. The molecular formula is C18H27N3O4. The summed E-state index contributed by atoms with van der Waals surface area (Å²) in [6.07, 6.45) is 9.95. The van der Waals surface area contributed by atoms with Crippen LogP contribution in [0.1, 0.15) is 58.3 Å². The fourth-order valence-electron chi connectivity index (χ4n) is 3.08. The van der Waals surface area contributed by atoms with Gasteiger partial charge in [-0.3, -0.25) is 19.3 Å². The maximum absolute atomic E-state index is 12.3. The monoisotopic (exact) mass is 349 g/mol. The predicted octanol–water partition coefficient (Wildman–Crippen LogP) is 1.97. The first kappa shape index (κ1) is 19.1. The van der Waals surface area contributed by atoms with Crippen molar-refractivity contribution in [1.82, 2.24) is 15.1 Å². The molecule has 5 amide bonds. The van der Waals surface area contributed by atoms with Gasteiger partial charge >= 0.3 is 17.8 Å². The maximum atomic E-state index is 12.3. The molecule has 1 aliphatic heterocycles. The van der Waals surface area contributed by atoms with E-state index in [2.05, 4.69) is 18.3 Å². The van der Waals surface area contributed by atoms with E-state index in [0.717, 1.165) is 48.3 Å². The number of nitrogens with zero attached hydrogens (tertiary/aromatic N) is 2. The molecule has 2 aliphatic rings. The average molecular weight is 349 g/mol. The van der Waals surface area contributed by atoms with Gasteiger partial charge in [0.2, 0.25) is 5.91 Å². The molecule has 1 N–H and O–H groups in total. The lowest BCUT2D eigenvalue weighted by Gasteiger charge is -2.17. The molecule has 25 heavy (non-hydrogen) atoms. The van der Waals surface area contributed by atoms with E-state index in [9.17, 15) is 19.2 Å². The molecule has 138 valence electrons. The second kappa shape index (κ2) is 9.34. The molecule has 7 nitrogen and oxygen atoms in total. The van der Waals surface area contributed by atoms with Gasteiger partial charge in [0.1, 0.15) is 6.54 Å². The molecule has 2 rings (SSSR count). The van der Waals surface area contributed by atoms with Crippen LogP contribution in [-0.4, -0.2) is 53.2 Å². The number of urea groups is 1. The van der Waals surface area contributed by atoms with Gasteiger partial charge in [0.25, 0.3) is 0 Å². The third-order valence-corrected chi connectivity index (χ3v) is 4.58. The number of allylic oxidation sites excluding steroid dienone is 1. The molecule has 1 fully saturated rings.